The van der Waals surface area contributed by atoms with Gasteiger partial charge in [-0.1, -0.05) is 11.6 Å². The van der Waals surface area contributed by atoms with Crippen molar-refractivity contribution in [2.75, 3.05) is 5.32 Å². The summed E-state index contributed by atoms with van der Waals surface area (Å²) in [6.07, 6.45) is 0. The zero-order chi connectivity index (χ0) is 15.9. The first kappa shape index (κ1) is 14.5. The second-order valence-electron chi connectivity index (χ2n) is 4.81. The zero-order valence-corrected chi connectivity index (χ0v) is 12.2. The molecular formula is C16H10ClF2NO2. The Morgan fingerprint density at radius 3 is 2.50 bits per heavy atom. The molecule has 1 amide bonds. The molecule has 2 aromatic carbocycles. The van der Waals surface area contributed by atoms with Crippen LogP contribution in [0.25, 0.3) is 11.0 Å². The van der Waals surface area contributed by atoms with Crippen LogP contribution in [0.4, 0.5) is 14.5 Å². The Bertz CT molecular complexity index is 869. The van der Waals surface area contributed by atoms with Crippen molar-refractivity contribution in [1.82, 2.24) is 0 Å². The van der Waals surface area contributed by atoms with Crippen molar-refractivity contribution in [1.29, 1.82) is 0 Å². The average Bonchev–Trinajstić information content (AvgIpc) is 2.75. The SMILES string of the molecule is Cc1c(C(=O)Nc2cc(F)cc(F)c2)oc2ccc(Cl)cc12. The maximum absolute atomic E-state index is 13.1. The summed E-state index contributed by atoms with van der Waals surface area (Å²) in [6, 6.07) is 7.77. The molecule has 0 aliphatic rings. The third kappa shape index (κ3) is 2.67. The van der Waals surface area contributed by atoms with E-state index in [0.717, 1.165) is 18.2 Å². The molecule has 1 aromatic heterocycles. The van der Waals surface area contributed by atoms with Gasteiger partial charge in [-0.05, 0) is 37.3 Å². The van der Waals surface area contributed by atoms with Gasteiger partial charge in [0.2, 0.25) is 0 Å². The number of anilines is 1. The Hall–Kier alpha value is -2.40. The molecule has 0 atom stereocenters. The van der Waals surface area contributed by atoms with Crippen LogP contribution in [0.1, 0.15) is 16.1 Å². The first-order chi connectivity index (χ1) is 10.4. The van der Waals surface area contributed by atoms with Crippen LogP contribution in [-0.2, 0) is 0 Å². The van der Waals surface area contributed by atoms with Crippen LogP contribution >= 0.6 is 11.6 Å². The number of fused-ring (bicyclic) bond motifs is 1. The summed E-state index contributed by atoms with van der Waals surface area (Å²) < 4.78 is 31.8. The molecule has 0 spiro atoms. The smallest absolute Gasteiger partial charge is 0.291 e. The van der Waals surface area contributed by atoms with Crippen molar-refractivity contribution in [2.24, 2.45) is 0 Å². The molecule has 3 nitrogen and oxygen atoms in total. The first-order valence-electron chi connectivity index (χ1n) is 6.40. The number of amides is 1. The lowest BCUT2D eigenvalue weighted by atomic mass is 10.1. The number of carbonyl (C=O) groups is 1. The number of hydrogen-bond donors (Lipinski definition) is 1. The van der Waals surface area contributed by atoms with E-state index in [4.69, 9.17) is 16.0 Å². The topological polar surface area (TPSA) is 42.2 Å². The van der Waals surface area contributed by atoms with Crippen LogP contribution < -0.4 is 5.32 Å². The number of nitrogens with one attached hydrogen (secondary N) is 1. The number of aryl methyl sites for hydroxylation is 1. The fourth-order valence-electron chi connectivity index (χ4n) is 2.22. The fourth-order valence-corrected chi connectivity index (χ4v) is 2.40. The maximum Gasteiger partial charge on any atom is 0.291 e. The van der Waals surface area contributed by atoms with E-state index >= 15 is 0 Å². The molecule has 0 bridgehead atoms. The molecule has 3 rings (SSSR count). The molecule has 0 fully saturated rings. The Morgan fingerprint density at radius 2 is 1.82 bits per heavy atom. The Labute approximate surface area is 129 Å². The summed E-state index contributed by atoms with van der Waals surface area (Å²) in [5.74, 6) is -2.07. The van der Waals surface area contributed by atoms with Gasteiger partial charge >= 0.3 is 0 Å². The van der Waals surface area contributed by atoms with Gasteiger partial charge in [0.15, 0.2) is 5.76 Å². The summed E-state index contributed by atoms with van der Waals surface area (Å²) in [4.78, 5) is 12.2. The first-order valence-corrected chi connectivity index (χ1v) is 6.78. The molecule has 6 heteroatoms. The van der Waals surface area contributed by atoms with Gasteiger partial charge in [-0.2, -0.15) is 0 Å². The average molecular weight is 322 g/mol. The normalized spacial score (nSPS) is 10.9. The second-order valence-corrected chi connectivity index (χ2v) is 5.25. The number of carbonyl (C=O) groups excluding carboxylic acids is 1. The molecular weight excluding hydrogens is 312 g/mol. The van der Waals surface area contributed by atoms with E-state index in [9.17, 15) is 13.6 Å². The number of furan rings is 1. The van der Waals surface area contributed by atoms with Crippen LogP contribution in [-0.4, -0.2) is 5.91 Å². The molecule has 22 heavy (non-hydrogen) atoms. The lowest BCUT2D eigenvalue weighted by Gasteiger charge is -2.04. The molecule has 0 aliphatic heterocycles. The number of halogens is 3. The molecule has 1 heterocycles. The van der Waals surface area contributed by atoms with Crippen molar-refractivity contribution in [2.45, 2.75) is 6.92 Å². The van der Waals surface area contributed by atoms with Gasteiger partial charge in [-0.3, -0.25) is 4.79 Å². The minimum atomic E-state index is -0.775. The summed E-state index contributed by atoms with van der Waals surface area (Å²) in [7, 11) is 0. The molecule has 1 N–H and O–H groups in total. The molecule has 0 unspecified atom stereocenters. The van der Waals surface area contributed by atoms with Gasteiger partial charge in [0.25, 0.3) is 5.91 Å². The van der Waals surface area contributed by atoms with Gasteiger partial charge in [0.05, 0.1) is 0 Å². The third-order valence-corrected chi connectivity index (χ3v) is 3.46. The van der Waals surface area contributed by atoms with Crippen molar-refractivity contribution in [3.63, 3.8) is 0 Å². The highest BCUT2D eigenvalue weighted by molar-refractivity contribution is 6.31. The number of rotatable bonds is 2. The van der Waals surface area contributed by atoms with E-state index in [0.29, 0.717) is 21.6 Å². The van der Waals surface area contributed by atoms with Crippen LogP contribution in [0.5, 0.6) is 0 Å². The fraction of sp³-hybridized carbons (Fsp3) is 0.0625. The van der Waals surface area contributed by atoms with E-state index in [-0.39, 0.29) is 11.4 Å². The predicted octanol–water partition coefficient (Wildman–Crippen LogP) is 4.93. The number of benzene rings is 2. The molecule has 0 aliphatic carbocycles. The summed E-state index contributed by atoms with van der Waals surface area (Å²) >= 11 is 5.92. The van der Waals surface area contributed by atoms with Crippen LogP contribution in [0.15, 0.2) is 40.8 Å². The standard InChI is InChI=1S/C16H10ClF2NO2/c1-8-13-4-9(17)2-3-14(13)22-15(8)16(21)20-12-6-10(18)5-11(19)7-12/h2-7H,1H3,(H,20,21). The van der Waals surface area contributed by atoms with Crippen LogP contribution in [0.3, 0.4) is 0 Å². The minimum Gasteiger partial charge on any atom is -0.451 e. The summed E-state index contributed by atoms with van der Waals surface area (Å²) in [6.45, 7) is 1.71. The van der Waals surface area contributed by atoms with Crippen molar-refractivity contribution in [3.05, 3.63) is 64.4 Å². The van der Waals surface area contributed by atoms with Crippen molar-refractivity contribution in [3.8, 4) is 0 Å². The zero-order valence-electron chi connectivity index (χ0n) is 11.4. The lowest BCUT2D eigenvalue weighted by molar-refractivity contribution is 0.0998. The minimum absolute atomic E-state index is 0.0142. The predicted molar refractivity (Wildman–Crippen MR) is 80.3 cm³/mol. The second kappa shape index (κ2) is 5.42. The molecule has 0 saturated heterocycles. The Morgan fingerprint density at radius 1 is 1.14 bits per heavy atom. The van der Waals surface area contributed by atoms with Gasteiger partial charge in [-0.25, -0.2) is 8.78 Å². The van der Waals surface area contributed by atoms with Crippen molar-refractivity contribution < 1.29 is 18.0 Å². The largest absolute Gasteiger partial charge is 0.451 e. The third-order valence-electron chi connectivity index (χ3n) is 3.22. The monoisotopic (exact) mass is 321 g/mol. The van der Waals surface area contributed by atoms with E-state index in [1.54, 1.807) is 25.1 Å². The maximum atomic E-state index is 13.1. The molecule has 0 radical (unpaired) electrons. The van der Waals surface area contributed by atoms with E-state index in [2.05, 4.69) is 5.32 Å². The van der Waals surface area contributed by atoms with Gasteiger partial charge in [0, 0.05) is 27.7 Å². The van der Waals surface area contributed by atoms with E-state index < -0.39 is 17.5 Å². The quantitative estimate of drug-likeness (QED) is 0.727. The number of hydrogen-bond acceptors (Lipinski definition) is 2. The van der Waals surface area contributed by atoms with Crippen LogP contribution in [0, 0.1) is 18.6 Å². The molecule has 3 aromatic rings. The summed E-state index contributed by atoms with van der Waals surface area (Å²) in [5, 5.41) is 3.65. The highest BCUT2D eigenvalue weighted by Crippen LogP contribution is 2.28. The molecule has 112 valence electrons. The van der Waals surface area contributed by atoms with Crippen molar-refractivity contribution >= 4 is 34.2 Å². The van der Waals surface area contributed by atoms with Gasteiger partial charge < -0.3 is 9.73 Å². The van der Waals surface area contributed by atoms with E-state index in [1.165, 1.54) is 0 Å². The van der Waals surface area contributed by atoms with Gasteiger partial charge in [0.1, 0.15) is 17.2 Å². The Kier molecular flexibility index (Phi) is 3.58. The highest BCUT2D eigenvalue weighted by atomic mass is 35.5. The summed E-state index contributed by atoms with van der Waals surface area (Å²) in [5.41, 5.74) is 1.13. The Balaban J connectivity index is 1.96. The highest BCUT2D eigenvalue weighted by Gasteiger charge is 2.18. The lowest BCUT2D eigenvalue weighted by Crippen LogP contribution is -2.12. The van der Waals surface area contributed by atoms with E-state index in [1.807, 2.05) is 0 Å². The molecule has 0 saturated carbocycles. The van der Waals surface area contributed by atoms with Crippen LogP contribution in [0.2, 0.25) is 5.02 Å². The van der Waals surface area contributed by atoms with Gasteiger partial charge in [-0.15, -0.1) is 0 Å².